The second-order valence-electron chi connectivity index (χ2n) is 5.99. The minimum atomic E-state index is -3.71. The summed E-state index contributed by atoms with van der Waals surface area (Å²) in [5.74, 6) is 0.267. The highest BCUT2D eigenvalue weighted by atomic mass is 32.2. The van der Waals surface area contributed by atoms with Crippen molar-refractivity contribution in [3.63, 3.8) is 0 Å². The fourth-order valence-corrected chi connectivity index (χ4v) is 3.97. The summed E-state index contributed by atoms with van der Waals surface area (Å²) in [7, 11) is -3.71. The van der Waals surface area contributed by atoms with Crippen LogP contribution in [0.25, 0.3) is 0 Å². The molecule has 1 aromatic carbocycles. The topological polar surface area (TPSA) is 72.2 Å². The molecule has 0 aliphatic heterocycles. The molecule has 3 N–H and O–H groups in total. The largest absolute Gasteiger partial charge is 0.398 e. The minimum absolute atomic E-state index is 0.105. The molecular formula is C15H23FN2O2S. The normalized spacial score (nSPS) is 23.2. The van der Waals surface area contributed by atoms with Crippen LogP contribution in [0.2, 0.25) is 0 Å². The molecule has 0 heterocycles. The molecule has 1 aliphatic carbocycles. The van der Waals surface area contributed by atoms with Gasteiger partial charge in [0.15, 0.2) is 0 Å². The van der Waals surface area contributed by atoms with Crippen molar-refractivity contribution in [2.45, 2.75) is 44.4 Å². The Bertz CT molecular complexity index is 593. The van der Waals surface area contributed by atoms with Crippen molar-refractivity contribution >= 4 is 15.7 Å². The van der Waals surface area contributed by atoms with E-state index in [1.54, 1.807) is 0 Å². The van der Waals surface area contributed by atoms with Gasteiger partial charge >= 0.3 is 0 Å². The first kappa shape index (κ1) is 16.2. The van der Waals surface area contributed by atoms with Crippen LogP contribution in [0.3, 0.4) is 0 Å². The predicted molar refractivity (Wildman–Crippen MR) is 81.9 cm³/mol. The number of nitrogens with one attached hydrogen (secondary N) is 1. The van der Waals surface area contributed by atoms with Gasteiger partial charge in [0, 0.05) is 17.8 Å². The summed E-state index contributed by atoms with van der Waals surface area (Å²) in [4.78, 5) is -0.105. The fraction of sp³-hybridized carbons (Fsp3) is 0.600. The molecule has 2 atom stereocenters. The summed E-state index contributed by atoms with van der Waals surface area (Å²) >= 11 is 0. The molecule has 1 saturated carbocycles. The number of nitrogens with two attached hydrogens (primary N) is 1. The zero-order valence-corrected chi connectivity index (χ0v) is 13.3. The monoisotopic (exact) mass is 314 g/mol. The second-order valence-corrected chi connectivity index (χ2v) is 7.76. The number of sulfonamides is 1. The summed E-state index contributed by atoms with van der Waals surface area (Å²) in [6, 6.07) is 2.34. The van der Waals surface area contributed by atoms with Crippen LogP contribution < -0.4 is 10.5 Å². The van der Waals surface area contributed by atoms with Gasteiger partial charge in [0.05, 0.1) is 4.90 Å². The molecule has 6 heteroatoms. The van der Waals surface area contributed by atoms with Crippen molar-refractivity contribution in [2.24, 2.45) is 11.8 Å². The summed E-state index contributed by atoms with van der Waals surface area (Å²) in [5.41, 5.74) is 6.07. The number of halogens is 1. The van der Waals surface area contributed by atoms with E-state index in [9.17, 15) is 12.8 Å². The number of benzene rings is 1. The molecule has 2 rings (SSSR count). The molecule has 2 unspecified atom stereocenters. The molecular weight excluding hydrogens is 291 g/mol. The van der Waals surface area contributed by atoms with Gasteiger partial charge in [0.1, 0.15) is 5.82 Å². The molecule has 1 aliphatic rings. The first-order valence-corrected chi connectivity index (χ1v) is 8.85. The summed E-state index contributed by atoms with van der Waals surface area (Å²) in [6.45, 7) is 4.08. The lowest BCUT2D eigenvalue weighted by molar-refractivity contribution is 0.257. The van der Waals surface area contributed by atoms with E-state index >= 15 is 0 Å². The van der Waals surface area contributed by atoms with Gasteiger partial charge in [-0.15, -0.1) is 0 Å². The van der Waals surface area contributed by atoms with Gasteiger partial charge < -0.3 is 5.73 Å². The maximum atomic E-state index is 13.7. The first-order chi connectivity index (χ1) is 9.81. The van der Waals surface area contributed by atoms with E-state index < -0.39 is 15.8 Å². The molecule has 0 aromatic heterocycles. The maximum absolute atomic E-state index is 13.7. The van der Waals surface area contributed by atoms with E-state index in [0.29, 0.717) is 18.4 Å². The van der Waals surface area contributed by atoms with Gasteiger partial charge in [-0.1, -0.05) is 26.2 Å². The van der Waals surface area contributed by atoms with Crippen LogP contribution in [0.15, 0.2) is 17.0 Å². The van der Waals surface area contributed by atoms with Gasteiger partial charge in [-0.2, -0.15) is 0 Å². The Balaban J connectivity index is 2.11. The average molecular weight is 314 g/mol. The molecule has 0 spiro atoms. The Morgan fingerprint density at radius 1 is 1.33 bits per heavy atom. The number of hydrogen-bond acceptors (Lipinski definition) is 3. The van der Waals surface area contributed by atoms with Crippen LogP contribution in [0.4, 0.5) is 10.1 Å². The van der Waals surface area contributed by atoms with E-state index in [2.05, 4.69) is 11.6 Å². The average Bonchev–Trinajstić information content (AvgIpc) is 2.43. The number of nitrogen functional groups attached to an aromatic ring is 1. The van der Waals surface area contributed by atoms with Crippen molar-refractivity contribution in [2.75, 3.05) is 12.3 Å². The van der Waals surface area contributed by atoms with Crippen molar-refractivity contribution in [3.8, 4) is 0 Å². The first-order valence-electron chi connectivity index (χ1n) is 7.36. The SMILES string of the molecule is Cc1c(N)cc(S(=O)(=O)NCC2CCCCC2C)cc1F. The molecule has 4 nitrogen and oxygen atoms in total. The van der Waals surface area contributed by atoms with Crippen molar-refractivity contribution in [1.82, 2.24) is 4.72 Å². The van der Waals surface area contributed by atoms with Gasteiger partial charge in [-0.3, -0.25) is 0 Å². The van der Waals surface area contributed by atoms with Gasteiger partial charge in [-0.05, 0) is 37.3 Å². The minimum Gasteiger partial charge on any atom is -0.398 e. The zero-order chi connectivity index (χ0) is 15.6. The molecule has 118 valence electrons. The molecule has 1 fully saturated rings. The van der Waals surface area contributed by atoms with Crippen LogP contribution in [0, 0.1) is 24.6 Å². The standard InChI is InChI=1S/C15H23FN2O2S/c1-10-5-3-4-6-12(10)9-18-21(19,20)13-7-14(16)11(2)15(17)8-13/h7-8,10,12,18H,3-6,9,17H2,1-2H3. The third kappa shape index (κ3) is 3.74. The lowest BCUT2D eigenvalue weighted by Crippen LogP contribution is -2.33. The number of rotatable bonds is 4. The second kappa shape index (κ2) is 6.32. The quantitative estimate of drug-likeness (QED) is 0.839. The van der Waals surface area contributed by atoms with Crippen molar-refractivity contribution < 1.29 is 12.8 Å². The molecule has 21 heavy (non-hydrogen) atoms. The van der Waals surface area contributed by atoms with E-state index in [1.165, 1.54) is 19.4 Å². The van der Waals surface area contributed by atoms with E-state index in [4.69, 9.17) is 5.73 Å². The smallest absolute Gasteiger partial charge is 0.240 e. The maximum Gasteiger partial charge on any atom is 0.240 e. The Morgan fingerprint density at radius 2 is 2.00 bits per heavy atom. The van der Waals surface area contributed by atoms with E-state index in [0.717, 1.165) is 25.3 Å². The molecule has 1 aromatic rings. The van der Waals surface area contributed by atoms with Crippen LogP contribution in [-0.2, 0) is 10.0 Å². The summed E-state index contributed by atoms with van der Waals surface area (Å²) in [5, 5.41) is 0. The van der Waals surface area contributed by atoms with Gasteiger partial charge in [0.25, 0.3) is 0 Å². The third-order valence-corrected chi connectivity index (χ3v) is 5.90. The zero-order valence-electron chi connectivity index (χ0n) is 12.5. The summed E-state index contributed by atoms with van der Waals surface area (Å²) < 4.78 is 40.8. The van der Waals surface area contributed by atoms with Crippen LogP contribution >= 0.6 is 0 Å². The summed E-state index contributed by atoms with van der Waals surface area (Å²) in [6.07, 6.45) is 4.53. The predicted octanol–water partition coefficient (Wildman–Crippen LogP) is 2.82. The number of hydrogen-bond donors (Lipinski definition) is 2. The Kier molecular flexibility index (Phi) is 4.88. The Hall–Kier alpha value is -1.14. The van der Waals surface area contributed by atoms with Crippen LogP contribution in [0.1, 0.15) is 38.2 Å². The lowest BCUT2D eigenvalue weighted by Gasteiger charge is -2.28. The van der Waals surface area contributed by atoms with Crippen molar-refractivity contribution in [3.05, 3.63) is 23.5 Å². The number of anilines is 1. The fourth-order valence-electron chi connectivity index (χ4n) is 2.83. The Morgan fingerprint density at radius 3 is 2.62 bits per heavy atom. The van der Waals surface area contributed by atoms with E-state index in [1.807, 2.05) is 0 Å². The van der Waals surface area contributed by atoms with Gasteiger partial charge in [0.2, 0.25) is 10.0 Å². The Labute approximate surface area is 126 Å². The third-order valence-electron chi connectivity index (χ3n) is 4.49. The highest BCUT2D eigenvalue weighted by molar-refractivity contribution is 7.89. The highest BCUT2D eigenvalue weighted by Gasteiger charge is 2.24. The van der Waals surface area contributed by atoms with Crippen molar-refractivity contribution in [1.29, 1.82) is 0 Å². The van der Waals surface area contributed by atoms with Crippen LogP contribution in [-0.4, -0.2) is 15.0 Å². The lowest BCUT2D eigenvalue weighted by atomic mass is 9.81. The molecule has 0 amide bonds. The van der Waals surface area contributed by atoms with Crippen LogP contribution in [0.5, 0.6) is 0 Å². The van der Waals surface area contributed by atoms with E-state index in [-0.39, 0.29) is 16.1 Å². The van der Waals surface area contributed by atoms with Gasteiger partial charge in [-0.25, -0.2) is 17.5 Å². The molecule has 0 bridgehead atoms. The highest BCUT2D eigenvalue weighted by Crippen LogP contribution is 2.29. The molecule has 0 radical (unpaired) electrons. The molecule has 0 saturated heterocycles.